The summed E-state index contributed by atoms with van der Waals surface area (Å²) in [6, 6.07) is 3.77. The number of rotatable bonds is 6. The van der Waals surface area contributed by atoms with Crippen molar-refractivity contribution in [2.24, 2.45) is 10.9 Å². The van der Waals surface area contributed by atoms with Crippen LogP contribution in [0.3, 0.4) is 0 Å². The smallest absolute Gasteiger partial charge is 0.191 e. The molecule has 0 aliphatic heterocycles. The topological polar surface area (TPSA) is 49.3 Å². The summed E-state index contributed by atoms with van der Waals surface area (Å²) in [5.74, 6) is 1.80. The molecule has 1 fully saturated rings. The first-order valence-corrected chi connectivity index (χ1v) is 8.20. The molecule has 2 rings (SSSR count). The fourth-order valence-electron chi connectivity index (χ4n) is 2.81. The monoisotopic (exact) mass is 308 g/mol. The number of hydrogen-bond acceptors (Lipinski definition) is 2. The van der Waals surface area contributed by atoms with E-state index in [0.29, 0.717) is 11.7 Å². The molecule has 1 aliphatic carbocycles. The molecule has 1 heterocycles. The van der Waals surface area contributed by atoms with Crippen LogP contribution in [0.4, 0.5) is 0 Å². The number of hydrogen-bond donors (Lipinski definition) is 2. The second-order valence-corrected chi connectivity index (χ2v) is 6.02. The SMILES string of the molecule is CN=C(NCCCC1CCCC1)NCc1ccc(Cl)nc1. The number of nitrogens with one attached hydrogen (secondary N) is 2. The Hall–Kier alpha value is -1.29. The van der Waals surface area contributed by atoms with Gasteiger partial charge >= 0.3 is 0 Å². The number of pyridine rings is 1. The van der Waals surface area contributed by atoms with E-state index < -0.39 is 0 Å². The van der Waals surface area contributed by atoms with E-state index in [4.69, 9.17) is 11.6 Å². The van der Waals surface area contributed by atoms with E-state index >= 15 is 0 Å². The lowest BCUT2D eigenvalue weighted by Crippen LogP contribution is -2.37. The Balaban J connectivity index is 1.62. The van der Waals surface area contributed by atoms with Gasteiger partial charge in [-0.25, -0.2) is 4.98 Å². The summed E-state index contributed by atoms with van der Waals surface area (Å²) in [5, 5.41) is 7.18. The molecule has 1 saturated carbocycles. The molecular formula is C16H25ClN4. The van der Waals surface area contributed by atoms with Crippen molar-refractivity contribution in [2.45, 2.75) is 45.1 Å². The van der Waals surface area contributed by atoms with Gasteiger partial charge in [0.2, 0.25) is 0 Å². The third-order valence-electron chi connectivity index (χ3n) is 4.03. The van der Waals surface area contributed by atoms with Crippen molar-refractivity contribution in [3.05, 3.63) is 29.0 Å². The molecule has 0 radical (unpaired) electrons. The van der Waals surface area contributed by atoms with Crippen molar-refractivity contribution in [1.29, 1.82) is 0 Å². The van der Waals surface area contributed by atoms with E-state index in [1.807, 2.05) is 6.07 Å². The molecule has 0 bridgehead atoms. The van der Waals surface area contributed by atoms with Crippen LogP contribution in [-0.2, 0) is 6.54 Å². The van der Waals surface area contributed by atoms with Gasteiger partial charge in [0.05, 0.1) is 0 Å². The van der Waals surface area contributed by atoms with Gasteiger partial charge < -0.3 is 10.6 Å². The zero-order valence-corrected chi connectivity index (χ0v) is 13.5. The van der Waals surface area contributed by atoms with Gasteiger partial charge in [0.15, 0.2) is 5.96 Å². The molecule has 0 saturated heterocycles. The Kier molecular flexibility index (Phi) is 6.80. The molecule has 2 N–H and O–H groups in total. The maximum absolute atomic E-state index is 5.77. The van der Waals surface area contributed by atoms with Gasteiger partial charge in [-0.05, 0) is 30.4 Å². The van der Waals surface area contributed by atoms with E-state index in [9.17, 15) is 0 Å². The minimum atomic E-state index is 0.521. The minimum absolute atomic E-state index is 0.521. The third kappa shape index (κ3) is 5.92. The van der Waals surface area contributed by atoms with Gasteiger partial charge in [0.1, 0.15) is 5.15 Å². The number of nitrogens with zero attached hydrogens (tertiary/aromatic N) is 2. The van der Waals surface area contributed by atoms with Gasteiger partial charge in [-0.3, -0.25) is 4.99 Å². The number of aliphatic imine (C=N–C) groups is 1. The van der Waals surface area contributed by atoms with Crippen LogP contribution in [0.5, 0.6) is 0 Å². The molecule has 5 heteroatoms. The van der Waals surface area contributed by atoms with Gasteiger partial charge in [-0.15, -0.1) is 0 Å². The molecule has 0 amide bonds. The predicted octanol–water partition coefficient (Wildman–Crippen LogP) is 3.37. The van der Waals surface area contributed by atoms with E-state index in [-0.39, 0.29) is 0 Å². The fraction of sp³-hybridized carbons (Fsp3) is 0.625. The van der Waals surface area contributed by atoms with Crippen molar-refractivity contribution < 1.29 is 0 Å². The molecular weight excluding hydrogens is 284 g/mol. The first-order valence-electron chi connectivity index (χ1n) is 7.83. The Bertz CT molecular complexity index is 438. The maximum Gasteiger partial charge on any atom is 0.191 e. The van der Waals surface area contributed by atoms with Gasteiger partial charge in [-0.1, -0.05) is 43.4 Å². The summed E-state index contributed by atoms with van der Waals surface area (Å²) >= 11 is 5.77. The highest BCUT2D eigenvalue weighted by molar-refractivity contribution is 6.29. The van der Waals surface area contributed by atoms with E-state index in [0.717, 1.165) is 24.0 Å². The molecule has 0 aromatic carbocycles. The van der Waals surface area contributed by atoms with Crippen LogP contribution in [0, 0.1) is 5.92 Å². The average molecular weight is 309 g/mol. The quantitative estimate of drug-likeness (QED) is 0.367. The molecule has 1 aromatic heterocycles. The normalized spacial score (nSPS) is 16.2. The van der Waals surface area contributed by atoms with Crippen LogP contribution >= 0.6 is 11.6 Å². The van der Waals surface area contributed by atoms with Crippen LogP contribution < -0.4 is 10.6 Å². The lowest BCUT2D eigenvalue weighted by Gasteiger charge is -2.13. The summed E-state index contributed by atoms with van der Waals surface area (Å²) in [5.41, 5.74) is 1.09. The Morgan fingerprint density at radius 2 is 2.14 bits per heavy atom. The Morgan fingerprint density at radius 1 is 1.33 bits per heavy atom. The van der Waals surface area contributed by atoms with E-state index in [1.54, 1.807) is 19.3 Å². The summed E-state index contributed by atoms with van der Waals surface area (Å²) < 4.78 is 0. The summed E-state index contributed by atoms with van der Waals surface area (Å²) in [6.45, 7) is 1.68. The van der Waals surface area contributed by atoms with Gasteiger partial charge in [-0.2, -0.15) is 0 Å². The number of guanidine groups is 1. The molecule has 4 nitrogen and oxygen atoms in total. The fourth-order valence-corrected chi connectivity index (χ4v) is 2.93. The Labute approximate surface area is 132 Å². The molecule has 0 unspecified atom stereocenters. The Morgan fingerprint density at radius 3 is 2.81 bits per heavy atom. The van der Waals surface area contributed by atoms with E-state index in [1.165, 1.54) is 38.5 Å². The summed E-state index contributed by atoms with van der Waals surface area (Å²) in [7, 11) is 1.80. The summed E-state index contributed by atoms with van der Waals surface area (Å²) in [6.07, 6.45) is 10.0. The van der Waals surface area contributed by atoms with Gasteiger partial charge in [0.25, 0.3) is 0 Å². The predicted molar refractivity (Wildman–Crippen MR) is 88.6 cm³/mol. The second-order valence-electron chi connectivity index (χ2n) is 5.63. The lowest BCUT2D eigenvalue weighted by atomic mass is 10.0. The van der Waals surface area contributed by atoms with Gasteiger partial charge in [0, 0.05) is 26.3 Å². The zero-order valence-electron chi connectivity index (χ0n) is 12.7. The van der Waals surface area contributed by atoms with Crippen LogP contribution in [0.15, 0.2) is 23.3 Å². The molecule has 116 valence electrons. The molecule has 0 atom stereocenters. The lowest BCUT2D eigenvalue weighted by molar-refractivity contribution is 0.481. The van der Waals surface area contributed by atoms with Crippen LogP contribution in [0.1, 0.15) is 44.1 Å². The highest BCUT2D eigenvalue weighted by atomic mass is 35.5. The first-order chi connectivity index (χ1) is 10.3. The third-order valence-corrected chi connectivity index (χ3v) is 4.25. The van der Waals surface area contributed by atoms with E-state index in [2.05, 4.69) is 20.6 Å². The van der Waals surface area contributed by atoms with Crippen LogP contribution in [0.2, 0.25) is 5.15 Å². The van der Waals surface area contributed by atoms with Crippen LogP contribution in [0.25, 0.3) is 0 Å². The van der Waals surface area contributed by atoms with Crippen molar-refractivity contribution in [2.75, 3.05) is 13.6 Å². The maximum atomic E-state index is 5.77. The zero-order chi connectivity index (χ0) is 14.9. The standard InChI is InChI=1S/C16H25ClN4/c1-18-16(19-10-4-7-13-5-2-3-6-13)21-12-14-8-9-15(17)20-11-14/h8-9,11,13H,2-7,10,12H2,1H3,(H2,18,19,21). The number of halogens is 1. The second kappa shape index (κ2) is 8.88. The number of aromatic nitrogens is 1. The van der Waals surface area contributed by atoms with Crippen molar-refractivity contribution in [3.63, 3.8) is 0 Å². The highest BCUT2D eigenvalue weighted by Crippen LogP contribution is 2.28. The molecule has 1 aromatic rings. The van der Waals surface area contributed by atoms with Crippen LogP contribution in [-0.4, -0.2) is 24.5 Å². The average Bonchev–Trinajstić information content (AvgIpc) is 3.01. The van der Waals surface area contributed by atoms with Crippen molar-refractivity contribution >= 4 is 17.6 Å². The first kappa shape index (κ1) is 16.1. The van der Waals surface area contributed by atoms with Crippen molar-refractivity contribution in [1.82, 2.24) is 15.6 Å². The molecule has 0 spiro atoms. The minimum Gasteiger partial charge on any atom is -0.356 e. The van der Waals surface area contributed by atoms with Crippen molar-refractivity contribution in [3.8, 4) is 0 Å². The molecule has 21 heavy (non-hydrogen) atoms. The summed E-state index contributed by atoms with van der Waals surface area (Å²) in [4.78, 5) is 8.31. The largest absolute Gasteiger partial charge is 0.356 e. The highest BCUT2D eigenvalue weighted by Gasteiger charge is 2.13. The molecule has 1 aliphatic rings.